The van der Waals surface area contributed by atoms with Gasteiger partial charge in [0.2, 0.25) is 0 Å². The number of rotatable bonds is 3. The molecule has 0 aliphatic heterocycles. The molecule has 3 nitrogen and oxygen atoms in total. The zero-order valence-corrected chi connectivity index (χ0v) is 11.6. The molecule has 5 heteroatoms. The Balaban J connectivity index is 2.12. The summed E-state index contributed by atoms with van der Waals surface area (Å²) in [5, 5.41) is 14.3. The molecule has 0 amide bonds. The van der Waals surface area contributed by atoms with Crippen LogP contribution in [-0.4, -0.2) is 11.3 Å². The smallest absolute Gasteiger partial charge is 0.125 e. The van der Waals surface area contributed by atoms with Crippen molar-refractivity contribution in [3.8, 4) is 5.75 Å². The molecule has 2 aromatic rings. The van der Waals surface area contributed by atoms with E-state index in [9.17, 15) is 5.11 Å². The molecule has 0 heterocycles. The molecule has 2 N–H and O–H groups in total. The van der Waals surface area contributed by atoms with Gasteiger partial charge in [-0.3, -0.25) is 5.43 Å². The maximum atomic E-state index is 9.71. The van der Waals surface area contributed by atoms with Crippen LogP contribution in [0.25, 0.3) is 0 Å². The molecule has 2 rings (SSSR count). The standard InChI is InChI=1S/C13H10BrClN2O/c14-11-7-13(18)9(6-12(11)15)8-16-17-10-4-2-1-3-5-10/h1-8,17-18H. The number of para-hydroxylation sites is 1. The number of aromatic hydroxyl groups is 1. The van der Waals surface area contributed by atoms with Crippen LogP contribution in [0.1, 0.15) is 5.56 Å². The molecule has 0 atom stereocenters. The molecule has 18 heavy (non-hydrogen) atoms. The largest absolute Gasteiger partial charge is 0.507 e. The fourth-order valence-corrected chi connectivity index (χ4v) is 1.85. The van der Waals surface area contributed by atoms with E-state index < -0.39 is 0 Å². The van der Waals surface area contributed by atoms with Crippen LogP contribution in [0.4, 0.5) is 5.69 Å². The highest BCUT2D eigenvalue weighted by Gasteiger charge is 2.03. The predicted molar refractivity (Wildman–Crippen MR) is 78.5 cm³/mol. The van der Waals surface area contributed by atoms with Gasteiger partial charge < -0.3 is 5.11 Å². The maximum absolute atomic E-state index is 9.71. The van der Waals surface area contributed by atoms with Crippen molar-refractivity contribution in [3.05, 3.63) is 57.5 Å². The van der Waals surface area contributed by atoms with Gasteiger partial charge in [0.1, 0.15) is 5.75 Å². The Kier molecular flexibility index (Phi) is 4.23. The molecule has 0 aliphatic carbocycles. The molecular formula is C13H10BrClN2O. The lowest BCUT2D eigenvalue weighted by Gasteiger charge is -2.02. The van der Waals surface area contributed by atoms with Crippen molar-refractivity contribution in [3.63, 3.8) is 0 Å². The van der Waals surface area contributed by atoms with Gasteiger partial charge in [-0.1, -0.05) is 29.8 Å². The van der Waals surface area contributed by atoms with E-state index in [4.69, 9.17) is 11.6 Å². The first-order chi connectivity index (χ1) is 8.66. The second-order valence-electron chi connectivity index (χ2n) is 3.56. The van der Waals surface area contributed by atoms with Crippen molar-refractivity contribution >= 4 is 39.4 Å². The average molecular weight is 326 g/mol. The average Bonchev–Trinajstić information content (AvgIpc) is 2.37. The van der Waals surface area contributed by atoms with Crippen LogP contribution in [0.3, 0.4) is 0 Å². The molecule has 0 bridgehead atoms. The number of hydrogen-bond donors (Lipinski definition) is 2. The third-order valence-corrected chi connectivity index (χ3v) is 3.44. The summed E-state index contributed by atoms with van der Waals surface area (Å²) in [6, 6.07) is 12.7. The van der Waals surface area contributed by atoms with Gasteiger partial charge in [0.15, 0.2) is 0 Å². The third kappa shape index (κ3) is 3.24. The van der Waals surface area contributed by atoms with Gasteiger partial charge in [-0.15, -0.1) is 0 Å². The predicted octanol–water partition coefficient (Wildman–Crippen LogP) is 4.25. The number of nitrogens with one attached hydrogen (secondary N) is 1. The summed E-state index contributed by atoms with van der Waals surface area (Å²) in [5.74, 6) is 0.116. The van der Waals surface area contributed by atoms with E-state index in [0.29, 0.717) is 15.1 Å². The van der Waals surface area contributed by atoms with Crippen molar-refractivity contribution in [2.24, 2.45) is 5.10 Å². The van der Waals surface area contributed by atoms with E-state index >= 15 is 0 Å². The molecule has 92 valence electrons. The highest BCUT2D eigenvalue weighted by atomic mass is 79.9. The summed E-state index contributed by atoms with van der Waals surface area (Å²) in [6.07, 6.45) is 1.51. The Morgan fingerprint density at radius 1 is 1.22 bits per heavy atom. The summed E-state index contributed by atoms with van der Waals surface area (Å²) >= 11 is 9.17. The first-order valence-electron chi connectivity index (χ1n) is 5.19. The van der Waals surface area contributed by atoms with Crippen LogP contribution in [0.2, 0.25) is 5.02 Å². The van der Waals surface area contributed by atoms with Gasteiger partial charge in [0.25, 0.3) is 0 Å². The Bertz CT molecular complexity index is 573. The quantitative estimate of drug-likeness (QED) is 0.654. The second kappa shape index (κ2) is 5.89. The molecular weight excluding hydrogens is 316 g/mol. The van der Waals surface area contributed by atoms with E-state index in [0.717, 1.165) is 5.69 Å². The van der Waals surface area contributed by atoms with Gasteiger partial charge in [0.05, 0.1) is 16.9 Å². The molecule has 0 saturated carbocycles. The topological polar surface area (TPSA) is 44.6 Å². The Morgan fingerprint density at radius 3 is 2.67 bits per heavy atom. The second-order valence-corrected chi connectivity index (χ2v) is 4.82. The van der Waals surface area contributed by atoms with Gasteiger partial charge >= 0.3 is 0 Å². The van der Waals surface area contributed by atoms with Crippen molar-refractivity contribution in [1.82, 2.24) is 0 Å². The minimum absolute atomic E-state index is 0.116. The zero-order valence-electron chi connectivity index (χ0n) is 9.27. The van der Waals surface area contributed by atoms with Crippen LogP contribution < -0.4 is 5.43 Å². The van der Waals surface area contributed by atoms with E-state index in [1.807, 2.05) is 30.3 Å². The summed E-state index contributed by atoms with van der Waals surface area (Å²) in [4.78, 5) is 0. The normalized spacial score (nSPS) is 10.8. The number of anilines is 1. The summed E-state index contributed by atoms with van der Waals surface area (Å²) in [5.41, 5.74) is 4.28. The number of phenolic OH excluding ortho intramolecular Hbond substituents is 1. The van der Waals surface area contributed by atoms with Crippen LogP contribution in [0.15, 0.2) is 52.0 Å². The van der Waals surface area contributed by atoms with Crippen LogP contribution in [-0.2, 0) is 0 Å². The van der Waals surface area contributed by atoms with Crippen molar-refractivity contribution in [2.75, 3.05) is 5.43 Å². The minimum Gasteiger partial charge on any atom is -0.507 e. The van der Waals surface area contributed by atoms with Gasteiger partial charge in [-0.2, -0.15) is 5.10 Å². The molecule has 0 radical (unpaired) electrons. The lowest BCUT2D eigenvalue weighted by Crippen LogP contribution is -1.91. The maximum Gasteiger partial charge on any atom is 0.125 e. The molecule has 0 aromatic heterocycles. The van der Waals surface area contributed by atoms with E-state index in [2.05, 4.69) is 26.5 Å². The molecule has 0 unspecified atom stereocenters. The van der Waals surface area contributed by atoms with Gasteiger partial charge in [-0.05, 0) is 40.2 Å². The number of halogens is 2. The third-order valence-electron chi connectivity index (χ3n) is 2.24. The highest BCUT2D eigenvalue weighted by Crippen LogP contribution is 2.29. The first kappa shape index (κ1) is 12.9. The van der Waals surface area contributed by atoms with Gasteiger partial charge in [-0.25, -0.2) is 0 Å². The Labute approximate surface area is 118 Å². The van der Waals surface area contributed by atoms with E-state index in [-0.39, 0.29) is 5.75 Å². The first-order valence-corrected chi connectivity index (χ1v) is 6.36. The van der Waals surface area contributed by atoms with Crippen LogP contribution in [0, 0.1) is 0 Å². The molecule has 0 spiro atoms. The lowest BCUT2D eigenvalue weighted by molar-refractivity contribution is 0.474. The molecule has 0 aliphatic rings. The molecule has 2 aromatic carbocycles. The van der Waals surface area contributed by atoms with E-state index in [1.165, 1.54) is 12.3 Å². The Morgan fingerprint density at radius 2 is 1.94 bits per heavy atom. The fraction of sp³-hybridized carbons (Fsp3) is 0. The van der Waals surface area contributed by atoms with Crippen LogP contribution in [0.5, 0.6) is 5.75 Å². The fourth-order valence-electron chi connectivity index (χ4n) is 1.34. The van der Waals surface area contributed by atoms with E-state index in [1.54, 1.807) is 6.07 Å². The number of hydrogen-bond acceptors (Lipinski definition) is 3. The lowest BCUT2D eigenvalue weighted by atomic mass is 10.2. The molecule has 0 saturated heterocycles. The number of hydrazone groups is 1. The zero-order chi connectivity index (χ0) is 13.0. The molecule has 0 fully saturated rings. The van der Waals surface area contributed by atoms with Crippen molar-refractivity contribution < 1.29 is 5.11 Å². The monoisotopic (exact) mass is 324 g/mol. The SMILES string of the molecule is Oc1cc(Br)c(Cl)cc1C=NNc1ccccc1. The number of nitrogens with zero attached hydrogens (tertiary/aromatic N) is 1. The summed E-state index contributed by atoms with van der Waals surface area (Å²) in [6.45, 7) is 0. The van der Waals surface area contributed by atoms with Crippen molar-refractivity contribution in [2.45, 2.75) is 0 Å². The van der Waals surface area contributed by atoms with Gasteiger partial charge in [0, 0.05) is 10.0 Å². The van der Waals surface area contributed by atoms with Crippen molar-refractivity contribution in [1.29, 1.82) is 0 Å². The number of phenols is 1. The minimum atomic E-state index is 0.116. The Hall–Kier alpha value is -1.52. The number of benzene rings is 2. The van der Waals surface area contributed by atoms with Crippen LogP contribution >= 0.6 is 27.5 Å². The summed E-state index contributed by atoms with van der Waals surface area (Å²) < 4.78 is 0.648. The summed E-state index contributed by atoms with van der Waals surface area (Å²) in [7, 11) is 0. The highest BCUT2D eigenvalue weighted by molar-refractivity contribution is 9.10.